The summed E-state index contributed by atoms with van der Waals surface area (Å²) in [5.41, 5.74) is 2.51. The first-order valence-electron chi connectivity index (χ1n) is 7.69. The van der Waals surface area contributed by atoms with Gasteiger partial charge in [-0.1, -0.05) is 53.7 Å². The average Bonchev–Trinajstić information content (AvgIpc) is 3.25. The molecule has 0 unspecified atom stereocenters. The van der Waals surface area contributed by atoms with Crippen molar-refractivity contribution in [1.82, 2.24) is 14.9 Å². The number of halogens is 1. The van der Waals surface area contributed by atoms with E-state index in [1.54, 1.807) is 16.4 Å². The summed E-state index contributed by atoms with van der Waals surface area (Å²) in [6, 6.07) is 17.5. The molecule has 0 N–H and O–H groups in total. The van der Waals surface area contributed by atoms with Gasteiger partial charge in [-0.05, 0) is 24.3 Å². The van der Waals surface area contributed by atoms with Crippen LogP contribution in [0.4, 0.5) is 0 Å². The largest absolute Gasteiger partial charge is 0.455 e. The predicted octanol–water partition coefficient (Wildman–Crippen LogP) is 4.70. The highest BCUT2D eigenvalue weighted by atomic mass is 35.5. The number of furan rings is 1. The number of hydrogen-bond acceptors (Lipinski definition) is 5. The molecule has 7 heteroatoms. The van der Waals surface area contributed by atoms with Gasteiger partial charge in [-0.2, -0.15) is 9.78 Å². The fraction of sp³-hybridized carbons (Fsp3) is 0.0556. The molecule has 0 fully saturated rings. The fourth-order valence-electron chi connectivity index (χ4n) is 2.78. The van der Waals surface area contributed by atoms with E-state index in [1.165, 1.54) is 0 Å². The molecule has 2 aromatic heterocycles. The van der Waals surface area contributed by atoms with E-state index in [2.05, 4.69) is 10.2 Å². The summed E-state index contributed by atoms with van der Waals surface area (Å²) in [6.07, 6.45) is 0. The standard InChI is InChI=1S/C18H11ClN4OS/c19-13-7-3-2-6-12(13)17-20-21-18-23(17)22-14(10-25-18)16-9-11-5-1-4-8-15(11)24-16/h1-9H,10H2. The molecule has 0 amide bonds. The Morgan fingerprint density at radius 2 is 1.88 bits per heavy atom. The molecule has 5 rings (SSSR count). The quantitative estimate of drug-likeness (QED) is 0.516. The smallest absolute Gasteiger partial charge is 0.212 e. The van der Waals surface area contributed by atoms with Gasteiger partial charge in [0.1, 0.15) is 11.3 Å². The Morgan fingerprint density at radius 1 is 1.04 bits per heavy atom. The minimum atomic E-state index is 0.619. The van der Waals surface area contributed by atoms with Gasteiger partial charge in [-0.3, -0.25) is 0 Å². The summed E-state index contributed by atoms with van der Waals surface area (Å²) >= 11 is 7.89. The Bertz CT molecular complexity index is 1100. The van der Waals surface area contributed by atoms with Crippen molar-refractivity contribution in [2.45, 2.75) is 5.16 Å². The molecule has 3 heterocycles. The molecule has 2 aromatic carbocycles. The van der Waals surface area contributed by atoms with E-state index in [9.17, 15) is 0 Å². The van der Waals surface area contributed by atoms with Gasteiger partial charge < -0.3 is 4.42 Å². The topological polar surface area (TPSA) is 56.2 Å². The Kier molecular flexibility index (Phi) is 3.39. The Balaban J connectivity index is 1.64. The average molecular weight is 367 g/mol. The second kappa shape index (κ2) is 5.75. The van der Waals surface area contributed by atoms with Crippen LogP contribution in [0, 0.1) is 0 Å². The molecule has 5 nitrogen and oxygen atoms in total. The summed E-state index contributed by atoms with van der Waals surface area (Å²) in [5, 5.41) is 15.6. The molecule has 1 aliphatic heterocycles. The second-order valence-corrected chi connectivity index (χ2v) is 6.93. The molecule has 0 bridgehead atoms. The molecular formula is C18H11ClN4OS. The number of para-hydroxylation sites is 1. The lowest BCUT2D eigenvalue weighted by molar-refractivity contribution is 0.601. The van der Waals surface area contributed by atoms with Crippen molar-refractivity contribution in [3.05, 3.63) is 65.4 Å². The molecule has 0 saturated heterocycles. The van der Waals surface area contributed by atoms with Gasteiger partial charge >= 0.3 is 0 Å². The first-order chi connectivity index (χ1) is 12.3. The van der Waals surface area contributed by atoms with E-state index < -0.39 is 0 Å². The van der Waals surface area contributed by atoms with Gasteiger partial charge in [-0.25, -0.2) is 0 Å². The highest BCUT2D eigenvalue weighted by molar-refractivity contribution is 7.99. The van der Waals surface area contributed by atoms with Crippen molar-refractivity contribution in [3.8, 4) is 11.4 Å². The van der Waals surface area contributed by atoms with Gasteiger partial charge in [0.15, 0.2) is 11.6 Å². The van der Waals surface area contributed by atoms with E-state index >= 15 is 0 Å². The number of hydrogen-bond donors (Lipinski definition) is 0. The second-order valence-electron chi connectivity index (χ2n) is 5.58. The third-order valence-corrected chi connectivity index (χ3v) is 5.26. The van der Waals surface area contributed by atoms with Gasteiger partial charge in [0.2, 0.25) is 5.16 Å². The molecule has 4 aromatic rings. The number of fused-ring (bicyclic) bond motifs is 2. The Hall–Kier alpha value is -2.57. The van der Waals surface area contributed by atoms with Crippen LogP contribution in [0.2, 0.25) is 5.02 Å². The lowest BCUT2D eigenvalue weighted by Crippen LogP contribution is -2.13. The van der Waals surface area contributed by atoms with Crippen LogP contribution in [-0.4, -0.2) is 26.3 Å². The number of rotatable bonds is 2. The molecule has 122 valence electrons. The molecule has 0 saturated carbocycles. The molecule has 1 aliphatic rings. The SMILES string of the molecule is Clc1ccccc1-c1nnc2n1N=C(c1cc3ccccc3o1)CS2. The summed E-state index contributed by atoms with van der Waals surface area (Å²) in [5.74, 6) is 2.07. The van der Waals surface area contributed by atoms with Gasteiger partial charge in [0, 0.05) is 16.7 Å². The highest BCUT2D eigenvalue weighted by Crippen LogP contribution is 2.32. The summed E-state index contributed by atoms with van der Waals surface area (Å²) < 4.78 is 7.68. The van der Waals surface area contributed by atoms with Crippen molar-refractivity contribution < 1.29 is 4.42 Å². The molecule has 25 heavy (non-hydrogen) atoms. The third-order valence-electron chi connectivity index (χ3n) is 4.00. The van der Waals surface area contributed by atoms with E-state index in [-0.39, 0.29) is 0 Å². The van der Waals surface area contributed by atoms with Crippen LogP contribution in [-0.2, 0) is 0 Å². The van der Waals surface area contributed by atoms with E-state index in [1.807, 2.05) is 54.6 Å². The van der Waals surface area contributed by atoms with Crippen molar-refractivity contribution in [1.29, 1.82) is 0 Å². The zero-order valence-corrected chi connectivity index (χ0v) is 14.5. The van der Waals surface area contributed by atoms with Crippen LogP contribution in [0.25, 0.3) is 22.4 Å². The Labute approximate surface area is 152 Å². The number of benzene rings is 2. The van der Waals surface area contributed by atoms with E-state index in [0.717, 1.165) is 33.2 Å². The van der Waals surface area contributed by atoms with Crippen LogP contribution >= 0.6 is 23.4 Å². The van der Waals surface area contributed by atoms with Crippen molar-refractivity contribution >= 4 is 40.0 Å². The lowest BCUT2D eigenvalue weighted by atomic mass is 10.2. The minimum Gasteiger partial charge on any atom is -0.455 e. The first-order valence-corrected chi connectivity index (χ1v) is 9.06. The van der Waals surface area contributed by atoms with Crippen LogP contribution < -0.4 is 0 Å². The molecule has 0 spiro atoms. The molecule has 0 aliphatic carbocycles. The van der Waals surface area contributed by atoms with Crippen molar-refractivity contribution in [2.24, 2.45) is 5.10 Å². The van der Waals surface area contributed by atoms with Crippen molar-refractivity contribution in [3.63, 3.8) is 0 Å². The van der Waals surface area contributed by atoms with Gasteiger partial charge in [-0.15, -0.1) is 10.2 Å². The molecule has 0 radical (unpaired) electrons. The zero-order chi connectivity index (χ0) is 16.8. The first kappa shape index (κ1) is 14.7. The summed E-state index contributed by atoms with van der Waals surface area (Å²) in [6.45, 7) is 0. The fourth-order valence-corrected chi connectivity index (χ4v) is 3.82. The molecule has 0 atom stereocenters. The van der Waals surface area contributed by atoms with Crippen LogP contribution in [0.3, 0.4) is 0 Å². The molecular weight excluding hydrogens is 356 g/mol. The maximum atomic E-state index is 6.31. The third kappa shape index (κ3) is 2.45. The summed E-state index contributed by atoms with van der Waals surface area (Å²) in [4.78, 5) is 0. The van der Waals surface area contributed by atoms with Crippen LogP contribution in [0.1, 0.15) is 5.76 Å². The normalized spacial score (nSPS) is 13.7. The number of thioether (sulfide) groups is 1. The Morgan fingerprint density at radius 3 is 2.76 bits per heavy atom. The van der Waals surface area contributed by atoms with Crippen LogP contribution in [0.15, 0.2) is 69.3 Å². The lowest BCUT2D eigenvalue weighted by Gasteiger charge is -2.12. The highest BCUT2D eigenvalue weighted by Gasteiger charge is 2.23. The predicted molar refractivity (Wildman–Crippen MR) is 99.3 cm³/mol. The van der Waals surface area contributed by atoms with Gasteiger partial charge in [0.05, 0.1) is 5.02 Å². The van der Waals surface area contributed by atoms with Crippen LogP contribution in [0.5, 0.6) is 0 Å². The van der Waals surface area contributed by atoms with E-state index in [0.29, 0.717) is 16.6 Å². The maximum absolute atomic E-state index is 6.31. The van der Waals surface area contributed by atoms with Crippen molar-refractivity contribution in [2.75, 3.05) is 5.75 Å². The number of aromatic nitrogens is 3. The van der Waals surface area contributed by atoms with Gasteiger partial charge in [0.25, 0.3) is 0 Å². The van der Waals surface area contributed by atoms with E-state index in [4.69, 9.17) is 21.1 Å². The number of nitrogens with zero attached hydrogens (tertiary/aromatic N) is 4. The zero-order valence-electron chi connectivity index (χ0n) is 12.9. The maximum Gasteiger partial charge on any atom is 0.212 e. The minimum absolute atomic E-state index is 0.619. The monoisotopic (exact) mass is 366 g/mol. The summed E-state index contributed by atoms with van der Waals surface area (Å²) in [7, 11) is 0.